The Hall–Kier alpha value is -2.43. The lowest BCUT2D eigenvalue weighted by Gasteiger charge is -2.21. The number of fused-ring (bicyclic) bond motifs is 1. The summed E-state index contributed by atoms with van der Waals surface area (Å²) in [4.78, 5) is 23.3. The van der Waals surface area contributed by atoms with Crippen molar-refractivity contribution < 1.29 is 4.79 Å². The number of amides is 1. The maximum Gasteiger partial charge on any atom is 0.272 e. The monoisotopic (exact) mass is 311 g/mol. The first-order valence-electron chi connectivity index (χ1n) is 8.15. The molecule has 0 aliphatic heterocycles. The Morgan fingerprint density at radius 1 is 1.22 bits per heavy atom. The smallest absolute Gasteiger partial charge is 0.272 e. The summed E-state index contributed by atoms with van der Waals surface area (Å²) < 4.78 is 0. The van der Waals surface area contributed by atoms with Crippen molar-refractivity contribution in [2.24, 2.45) is 0 Å². The second-order valence-electron chi connectivity index (χ2n) is 5.98. The third-order valence-corrected chi connectivity index (χ3v) is 4.40. The molecule has 2 N–H and O–H groups in total. The van der Waals surface area contributed by atoms with Gasteiger partial charge >= 0.3 is 0 Å². The van der Waals surface area contributed by atoms with E-state index >= 15 is 0 Å². The van der Waals surface area contributed by atoms with E-state index < -0.39 is 0 Å². The molecule has 1 atom stereocenters. The number of benzene rings is 1. The van der Waals surface area contributed by atoms with Gasteiger partial charge in [0.05, 0.1) is 6.04 Å². The first kappa shape index (κ1) is 15.5. The summed E-state index contributed by atoms with van der Waals surface area (Å²) in [5, 5.41) is 9.07. The van der Waals surface area contributed by atoms with E-state index in [0.717, 1.165) is 24.8 Å². The minimum absolute atomic E-state index is 0.0524. The Bertz CT molecular complexity index is 747. The molecule has 23 heavy (non-hydrogen) atoms. The molecular weight excluding hydrogens is 290 g/mol. The van der Waals surface area contributed by atoms with E-state index in [0.29, 0.717) is 0 Å². The summed E-state index contributed by atoms with van der Waals surface area (Å²) in [6.45, 7) is 2.05. The van der Waals surface area contributed by atoms with Gasteiger partial charge in [-0.05, 0) is 54.9 Å². The molecule has 2 aromatic rings. The maximum absolute atomic E-state index is 12.3. The number of nitrogens with zero attached hydrogens (tertiary/aromatic N) is 1. The zero-order valence-electron chi connectivity index (χ0n) is 13.3. The Morgan fingerprint density at radius 3 is 2.70 bits per heavy atom. The number of aryl methyl sites for hydroxylation is 2. The fourth-order valence-corrected chi connectivity index (χ4v) is 3.09. The Balaban J connectivity index is 1.78. The van der Waals surface area contributed by atoms with Crippen LogP contribution in [0.4, 0.5) is 0 Å². The molecule has 120 valence electrons. The van der Waals surface area contributed by atoms with E-state index in [-0.39, 0.29) is 23.2 Å². The number of nitrogens with one attached hydrogen (secondary N) is 2. The third-order valence-electron chi connectivity index (χ3n) is 4.40. The van der Waals surface area contributed by atoms with Gasteiger partial charge in [-0.1, -0.05) is 25.1 Å². The van der Waals surface area contributed by atoms with E-state index in [1.807, 2.05) is 6.92 Å². The largest absolute Gasteiger partial charge is 0.344 e. The SMILES string of the molecule is CCC(NC(=O)c1ccc(=O)[nH]n1)c1ccc2c(c1)CCCC2. The van der Waals surface area contributed by atoms with Gasteiger partial charge in [-0.25, -0.2) is 5.10 Å². The number of rotatable bonds is 4. The van der Waals surface area contributed by atoms with Gasteiger partial charge in [0.2, 0.25) is 0 Å². The predicted octanol–water partition coefficient (Wildman–Crippen LogP) is 2.53. The number of hydrogen-bond acceptors (Lipinski definition) is 3. The molecule has 1 unspecified atom stereocenters. The molecule has 0 saturated heterocycles. The molecule has 1 aromatic heterocycles. The Morgan fingerprint density at radius 2 is 2.00 bits per heavy atom. The first-order chi connectivity index (χ1) is 11.2. The Kier molecular flexibility index (Phi) is 4.55. The van der Waals surface area contributed by atoms with Crippen molar-refractivity contribution in [3.8, 4) is 0 Å². The number of H-pyrrole nitrogens is 1. The fourth-order valence-electron chi connectivity index (χ4n) is 3.09. The molecule has 0 fully saturated rings. The minimum atomic E-state index is -0.316. The molecule has 1 amide bonds. The van der Waals surface area contributed by atoms with E-state index in [4.69, 9.17) is 0 Å². The van der Waals surface area contributed by atoms with Crippen molar-refractivity contribution >= 4 is 5.91 Å². The summed E-state index contributed by atoms with van der Waals surface area (Å²) in [6.07, 6.45) is 5.57. The fraction of sp³-hybridized carbons (Fsp3) is 0.389. The highest BCUT2D eigenvalue weighted by Gasteiger charge is 2.17. The molecule has 1 aliphatic carbocycles. The molecule has 5 nitrogen and oxygen atoms in total. The van der Waals surface area contributed by atoms with Gasteiger partial charge in [0, 0.05) is 6.07 Å². The highest BCUT2D eigenvalue weighted by atomic mass is 16.2. The third kappa shape index (κ3) is 3.50. The second kappa shape index (κ2) is 6.77. The van der Waals surface area contributed by atoms with Gasteiger partial charge in [0.15, 0.2) is 0 Å². The zero-order valence-corrected chi connectivity index (χ0v) is 13.3. The number of aromatic nitrogens is 2. The molecule has 0 bridgehead atoms. The van der Waals surface area contributed by atoms with Crippen molar-refractivity contribution in [3.05, 3.63) is 63.1 Å². The summed E-state index contributed by atoms with van der Waals surface area (Å²) >= 11 is 0. The zero-order chi connectivity index (χ0) is 16.2. The minimum Gasteiger partial charge on any atom is -0.344 e. The van der Waals surface area contributed by atoms with Crippen LogP contribution in [0.15, 0.2) is 35.1 Å². The molecule has 0 spiro atoms. The van der Waals surface area contributed by atoms with E-state index in [2.05, 4.69) is 33.7 Å². The molecule has 0 radical (unpaired) electrons. The van der Waals surface area contributed by atoms with Crippen molar-refractivity contribution in [3.63, 3.8) is 0 Å². The quantitative estimate of drug-likeness (QED) is 0.911. The van der Waals surface area contributed by atoms with Gasteiger partial charge in [-0.3, -0.25) is 9.59 Å². The van der Waals surface area contributed by atoms with Gasteiger partial charge in [0.25, 0.3) is 11.5 Å². The highest BCUT2D eigenvalue weighted by Crippen LogP contribution is 2.26. The van der Waals surface area contributed by atoms with Crippen molar-refractivity contribution in [1.82, 2.24) is 15.5 Å². The molecule has 1 aromatic carbocycles. The second-order valence-corrected chi connectivity index (χ2v) is 5.98. The summed E-state index contributed by atoms with van der Waals surface area (Å²) in [5.74, 6) is -0.272. The van der Waals surface area contributed by atoms with Crippen LogP contribution in [0, 0.1) is 0 Å². The van der Waals surface area contributed by atoms with Gasteiger partial charge < -0.3 is 5.32 Å². The van der Waals surface area contributed by atoms with Gasteiger partial charge in [-0.2, -0.15) is 5.10 Å². The van der Waals surface area contributed by atoms with Crippen LogP contribution in [0.2, 0.25) is 0 Å². The van der Waals surface area contributed by atoms with Gasteiger partial charge in [0.1, 0.15) is 5.69 Å². The van der Waals surface area contributed by atoms with Crippen LogP contribution in [0.5, 0.6) is 0 Å². The van der Waals surface area contributed by atoms with Crippen LogP contribution < -0.4 is 10.9 Å². The molecule has 0 saturated carbocycles. The van der Waals surface area contributed by atoms with Crippen molar-refractivity contribution in [2.75, 3.05) is 0 Å². The molecule has 3 rings (SSSR count). The van der Waals surface area contributed by atoms with Crippen LogP contribution in [-0.4, -0.2) is 16.1 Å². The number of carbonyl (C=O) groups is 1. The number of hydrogen-bond donors (Lipinski definition) is 2. The van der Waals surface area contributed by atoms with Crippen molar-refractivity contribution in [1.29, 1.82) is 0 Å². The molecule has 1 heterocycles. The lowest BCUT2D eigenvalue weighted by molar-refractivity contribution is 0.0929. The highest BCUT2D eigenvalue weighted by molar-refractivity contribution is 5.92. The average molecular weight is 311 g/mol. The van der Waals surface area contributed by atoms with Crippen LogP contribution in [0.3, 0.4) is 0 Å². The Labute approximate surface area is 135 Å². The van der Waals surface area contributed by atoms with E-state index in [1.165, 1.54) is 36.1 Å². The average Bonchev–Trinajstić information content (AvgIpc) is 2.59. The van der Waals surface area contributed by atoms with Gasteiger partial charge in [-0.15, -0.1) is 0 Å². The predicted molar refractivity (Wildman–Crippen MR) is 88.4 cm³/mol. The summed E-state index contributed by atoms with van der Waals surface area (Å²) in [6, 6.07) is 9.22. The normalized spacial score (nSPS) is 14.8. The van der Waals surface area contributed by atoms with Crippen LogP contribution in [0.25, 0.3) is 0 Å². The lowest BCUT2D eigenvalue weighted by Crippen LogP contribution is -2.30. The lowest BCUT2D eigenvalue weighted by atomic mass is 9.89. The molecular formula is C18H21N3O2. The molecule has 1 aliphatic rings. The number of aromatic amines is 1. The van der Waals surface area contributed by atoms with Crippen LogP contribution in [-0.2, 0) is 12.8 Å². The number of carbonyl (C=O) groups excluding carboxylic acids is 1. The maximum atomic E-state index is 12.3. The van der Waals surface area contributed by atoms with E-state index in [1.54, 1.807) is 0 Å². The van der Waals surface area contributed by atoms with Crippen LogP contribution in [0.1, 0.15) is 59.4 Å². The summed E-state index contributed by atoms with van der Waals surface area (Å²) in [7, 11) is 0. The topological polar surface area (TPSA) is 74.8 Å². The first-order valence-corrected chi connectivity index (χ1v) is 8.15. The summed E-state index contributed by atoms with van der Waals surface area (Å²) in [5.41, 5.74) is 3.88. The van der Waals surface area contributed by atoms with Crippen molar-refractivity contribution in [2.45, 2.75) is 45.1 Å². The standard InChI is InChI=1S/C18H21N3O2/c1-2-15(19-18(23)16-9-10-17(22)21-20-16)14-8-7-12-5-3-4-6-13(12)11-14/h7-11,15H,2-6H2,1H3,(H,19,23)(H,21,22). The molecule has 5 heteroatoms. The van der Waals surface area contributed by atoms with Crippen LogP contribution >= 0.6 is 0 Å². The van der Waals surface area contributed by atoms with E-state index in [9.17, 15) is 9.59 Å².